The summed E-state index contributed by atoms with van der Waals surface area (Å²) in [6.07, 6.45) is 0. The van der Waals surface area contributed by atoms with E-state index in [4.69, 9.17) is 11.6 Å². The van der Waals surface area contributed by atoms with E-state index in [0.29, 0.717) is 27.2 Å². The normalized spacial score (nSPS) is 18.8. The summed E-state index contributed by atoms with van der Waals surface area (Å²) in [5.41, 5.74) is 3.59. The molecule has 142 valence electrons. The molecule has 7 heteroatoms. The zero-order valence-corrected chi connectivity index (χ0v) is 17.0. The topological polar surface area (TPSA) is 61.8 Å². The minimum atomic E-state index is -0.531. The molecule has 1 N–H and O–H groups in total. The lowest BCUT2D eigenvalue weighted by atomic mass is 9.93. The highest BCUT2D eigenvalue weighted by Crippen LogP contribution is 2.41. The van der Waals surface area contributed by atoms with Crippen molar-refractivity contribution < 1.29 is 9.59 Å². The van der Waals surface area contributed by atoms with Crippen LogP contribution < -0.4 is 5.32 Å². The summed E-state index contributed by atoms with van der Waals surface area (Å²) in [7, 11) is 0. The Morgan fingerprint density at radius 1 is 1.18 bits per heavy atom. The third-order valence-electron chi connectivity index (χ3n) is 4.81. The first-order chi connectivity index (χ1) is 13.5. The zero-order valence-electron chi connectivity index (χ0n) is 15.4. The van der Waals surface area contributed by atoms with Crippen molar-refractivity contribution in [1.29, 1.82) is 0 Å². The molecule has 2 heterocycles. The highest BCUT2D eigenvalue weighted by Gasteiger charge is 2.42. The summed E-state index contributed by atoms with van der Waals surface area (Å²) in [6, 6.07) is 14.3. The van der Waals surface area contributed by atoms with Gasteiger partial charge >= 0.3 is 0 Å². The van der Waals surface area contributed by atoms with Crippen LogP contribution in [-0.2, 0) is 9.59 Å². The molecule has 1 saturated heterocycles. The zero-order chi connectivity index (χ0) is 19.8. The van der Waals surface area contributed by atoms with Crippen molar-refractivity contribution >= 4 is 46.0 Å². The number of allylic oxidation sites excluding steroid dienone is 1. The molecule has 28 heavy (non-hydrogen) atoms. The lowest BCUT2D eigenvalue weighted by Gasteiger charge is -2.33. The van der Waals surface area contributed by atoms with Crippen LogP contribution in [-0.4, -0.2) is 27.6 Å². The van der Waals surface area contributed by atoms with Crippen LogP contribution in [0.15, 0.2) is 64.8 Å². The molecular weight excluding hydrogens is 394 g/mol. The number of carbonyl (C=O) groups is 2. The van der Waals surface area contributed by atoms with E-state index in [1.165, 1.54) is 11.8 Å². The first-order valence-corrected chi connectivity index (χ1v) is 10.2. The van der Waals surface area contributed by atoms with Gasteiger partial charge in [-0.15, -0.1) is 0 Å². The first-order valence-electron chi connectivity index (χ1n) is 8.82. The van der Waals surface area contributed by atoms with Crippen molar-refractivity contribution in [3.05, 3.63) is 76.0 Å². The van der Waals surface area contributed by atoms with Gasteiger partial charge in [0.05, 0.1) is 23.1 Å². The number of fused-ring (bicyclic) bond motifs is 1. The molecule has 1 fully saturated rings. The second-order valence-electron chi connectivity index (χ2n) is 6.67. The van der Waals surface area contributed by atoms with Crippen LogP contribution in [0.4, 0.5) is 5.69 Å². The Kier molecular flexibility index (Phi) is 5.00. The van der Waals surface area contributed by atoms with Crippen LogP contribution in [0.2, 0.25) is 5.02 Å². The van der Waals surface area contributed by atoms with Crippen molar-refractivity contribution in [1.82, 2.24) is 4.90 Å². The summed E-state index contributed by atoms with van der Waals surface area (Å²) in [4.78, 5) is 32.0. The van der Waals surface area contributed by atoms with Crippen molar-refractivity contribution in [2.24, 2.45) is 4.99 Å². The molecular formula is C21H18ClN3O2S. The monoisotopic (exact) mass is 411 g/mol. The number of hydrogen-bond donors (Lipinski definition) is 1. The van der Waals surface area contributed by atoms with E-state index in [9.17, 15) is 9.59 Å². The predicted molar refractivity (Wildman–Crippen MR) is 113 cm³/mol. The number of amidine groups is 1. The minimum Gasteiger partial charge on any atom is -0.322 e. The van der Waals surface area contributed by atoms with E-state index in [2.05, 4.69) is 10.3 Å². The highest BCUT2D eigenvalue weighted by atomic mass is 35.5. The molecule has 2 aliphatic heterocycles. The number of aliphatic imine (C=N–C) groups is 1. The van der Waals surface area contributed by atoms with Gasteiger partial charge in [-0.3, -0.25) is 14.5 Å². The molecule has 2 aromatic rings. The summed E-state index contributed by atoms with van der Waals surface area (Å²) < 4.78 is 0. The maximum Gasteiger partial charge on any atom is 0.255 e. The van der Waals surface area contributed by atoms with Gasteiger partial charge in [0, 0.05) is 10.7 Å². The van der Waals surface area contributed by atoms with Crippen LogP contribution in [0.5, 0.6) is 0 Å². The van der Waals surface area contributed by atoms with Gasteiger partial charge in [-0.1, -0.05) is 53.7 Å². The molecule has 2 aliphatic rings. The van der Waals surface area contributed by atoms with Gasteiger partial charge < -0.3 is 5.32 Å². The number of halogens is 1. The molecule has 0 unspecified atom stereocenters. The van der Waals surface area contributed by atoms with Crippen molar-refractivity contribution in [3.63, 3.8) is 0 Å². The number of anilines is 1. The Bertz CT molecular complexity index is 1030. The van der Waals surface area contributed by atoms with Crippen molar-refractivity contribution in [2.45, 2.75) is 19.9 Å². The third kappa shape index (κ3) is 3.34. The van der Waals surface area contributed by atoms with E-state index < -0.39 is 6.04 Å². The summed E-state index contributed by atoms with van der Waals surface area (Å²) in [5.74, 6) is -0.000237. The van der Waals surface area contributed by atoms with Crippen LogP contribution in [0.1, 0.15) is 24.1 Å². The lowest BCUT2D eigenvalue weighted by Crippen LogP contribution is -2.40. The molecule has 1 atom stereocenters. The number of amides is 2. The van der Waals surface area contributed by atoms with E-state index >= 15 is 0 Å². The Hall–Kier alpha value is -2.57. The van der Waals surface area contributed by atoms with Gasteiger partial charge in [0.1, 0.15) is 0 Å². The van der Waals surface area contributed by atoms with E-state index in [0.717, 1.165) is 16.8 Å². The molecule has 5 nitrogen and oxygen atoms in total. The van der Waals surface area contributed by atoms with Gasteiger partial charge in [0.2, 0.25) is 5.91 Å². The van der Waals surface area contributed by atoms with E-state index in [1.54, 1.807) is 17.0 Å². The number of aryl methyl sites for hydroxylation is 1. The number of nitrogens with zero attached hydrogens (tertiary/aromatic N) is 2. The van der Waals surface area contributed by atoms with Gasteiger partial charge in [-0.2, -0.15) is 0 Å². The smallest absolute Gasteiger partial charge is 0.255 e. The Balaban J connectivity index is 1.78. The third-order valence-corrected chi connectivity index (χ3v) is 6.00. The minimum absolute atomic E-state index is 0.0580. The average Bonchev–Trinajstić information content (AvgIpc) is 3.03. The maximum atomic E-state index is 13.3. The van der Waals surface area contributed by atoms with E-state index in [-0.39, 0.29) is 11.8 Å². The van der Waals surface area contributed by atoms with Gasteiger partial charge in [0.15, 0.2) is 5.17 Å². The SMILES string of the molecule is CC1=C(C(=O)Nc2ccccc2C)[C@@H](c2ccc(Cl)cc2)N2C(=O)CSC2=N1. The molecule has 0 aliphatic carbocycles. The average molecular weight is 412 g/mol. The fraction of sp³-hybridized carbons (Fsp3) is 0.190. The van der Waals surface area contributed by atoms with Crippen molar-refractivity contribution in [2.75, 3.05) is 11.1 Å². The van der Waals surface area contributed by atoms with Gasteiger partial charge in [-0.05, 0) is 43.2 Å². The predicted octanol–water partition coefficient (Wildman–Crippen LogP) is 4.55. The highest BCUT2D eigenvalue weighted by molar-refractivity contribution is 8.15. The number of carbonyl (C=O) groups excluding carboxylic acids is 2. The largest absolute Gasteiger partial charge is 0.322 e. The first kappa shape index (κ1) is 18.8. The molecule has 0 saturated carbocycles. The molecule has 0 spiro atoms. The molecule has 4 rings (SSSR count). The quantitative estimate of drug-likeness (QED) is 0.806. The standard InChI is InChI=1S/C21H18ClN3O2S/c1-12-5-3-4-6-16(12)24-20(27)18-13(2)23-21-25(17(26)11-28-21)19(18)14-7-9-15(22)10-8-14/h3-10,19H,11H2,1-2H3,(H,24,27)/t19-/m1/s1. The van der Waals surface area contributed by atoms with Gasteiger partial charge in [-0.25, -0.2) is 4.99 Å². The summed E-state index contributed by atoms with van der Waals surface area (Å²) in [6.45, 7) is 3.74. The number of hydrogen-bond acceptors (Lipinski definition) is 4. The summed E-state index contributed by atoms with van der Waals surface area (Å²) in [5, 5.41) is 4.21. The second kappa shape index (κ2) is 7.45. The molecule has 2 aromatic carbocycles. The molecule has 0 radical (unpaired) electrons. The number of rotatable bonds is 3. The maximum absolute atomic E-state index is 13.3. The summed E-state index contributed by atoms with van der Waals surface area (Å²) >= 11 is 7.44. The Morgan fingerprint density at radius 2 is 1.89 bits per heavy atom. The fourth-order valence-electron chi connectivity index (χ4n) is 3.40. The number of thioether (sulfide) groups is 1. The second-order valence-corrected chi connectivity index (χ2v) is 8.05. The Morgan fingerprint density at radius 3 is 2.61 bits per heavy atom. The number of nitrogens with one attached hydrogen (secondary N) is 1. The van der Waals surface area contributed by atoms with Crippen LogP contribution in [0.3, 0.4) is 0 Å². The van der Waals surface area contributed by atoms with Crippen LogP contribution in [0, 0.1) is 6.92 Å². The van der Waals surface area contributed by atoms with Crippen LogP contribution in [0.25, 0.3) is 0 Å². The molecule has 0 bridgehead atoms. The number of benzene rings is 2. The fourth-order valence-corrected chi connectivity index (χ4v) is 4.46. The lowest BCUT2D eigenvalue weighted by molar-refractivity contribution is -0.125. The van der Waals surface area contributed by atoms with Crippen LogP contribution >= 0.6 is 23.4 Å². The molecule has 2 amide bonds. The Labute approximate surface area is 172 Å². The van der Waals surface area contributed by atoms with Gasteiger partial charge in [0.25, 0.3) is 5.91 Å². The molecule has 0 aromatic heterocycles. The van der Waals surface area contributed by atoms with Crippen molar-refractivity contribution in [3.8, 4) is 0 Å². The van der Waals surface area contributed by atoms with E-state index in [1.807, 2.05) is 50.2 Å². The number of para-hydroxylation sites is 1.